The molecule has 0 aliphatic heterocycles. The number of nitrogens with zero attached hydrogens (tertiary/aromatic N) is 1. The van der Waals surface area contributed by atoms with E-state index >= 15 is 0 Å². The molecule has 4 nitrogen and oxygen atoms in total. The van der Waals surface area contributed by atoms with Gasteiger partial charge in [0.1, 0.15) is 0 Å². The van der Waals surface area contributed by atoms with Crippen LogP contribution in [0.5, 0.6) is 0 Å². The average Bonchev–Trinajstić information content (AvgIpc) is 2.40. The van der Waals surface area contributed by atoms with Gasteiger partial charge in [0.25, 0.3) is 0 Å². The molecule has 1 rings (SSSR count). The highest BCUT2D eigenvalue weighted by molar-refractivity contribution is 7.98. The van der Waals surface area contributed by atoms with Gasteiger partial charge in [-0.3, -0.25) is 0 Å². The van der Waals surface area contributed by atoms with Gasteiger partial charge in [-0.2, -0.15) is 11.8 Å². The van der Waals surface area contributed by atoms with E-state index in [1.165, 1.54) is 7.05 Å². The van der Waals surface area contributed by atoms with Crippen LogP contribution >= 0.6 is 11.8 Å². The Hall–Kier alpha value is -0.655. The number of rotatable bonds is 7. The SMILES string of the molecule is [B]CN(CCSC)c1ccc(S(=O)(=O)NC)cc1. The van der Waals surface area contributed by atoms with Crippen molar-refractivity contribution in [3.63, 3.8) is 0 Å². The van der Waals surface area contributed by atoms with Gasteiger partial charge in [0.05, 0.1) is 12.7 Å². The lowest BCUT2D eigenvalue weighted by Gasteiger charge is -2.23. The first-order valence-electron chi connectivity index (χ1n) is 5.52. The molecule has 1 aromatic rings. The van der Waals surface area contributed by atoms with Crippen LogP contribution in [0.1, 0.15) is 0 Å². The van der Waals surface area contributed by atoms with Crippen molar-refractivity contribution in [2.75, 3.05) is 36.9 Å². The third-order valence-corrected chi connectivity index (χ3v) is 4.59. The number of sulfonamides is 1. The maximum atomic E-state index is 11.6. The second kappa shape index (κ2) is 7.06. The van der Waals surface area contributed by atoms with Crippen molar-refractivity contribution in [3.05, 3.63) is 24.3 Å². The highest BCUT2D eigenvalue weighted by atomic mass is 32.2. The zero-order valence-electron chi connectivity index (χ0n) is 10.6. The van der Waals surface area contributed by atoms with Crippen LogP contribution in [0.3, 0.4) is 0 Å². The summed E-state index contributed by atoms with van der Waals surface area (Å²) in [5.74, 6) is 0.980. The lowest BCUT2D eigenvalue weighted by molar-refractivity contribution is 0.588. The highest BCUT2D eigenvalue weighted by Gasteiger charge is 2.11. The highest BCUT2D eigenvalue weighted by Crippen LogP contribution is 2.17. The largest absolute Gasteiger partial charge is 0.380 e. The molecule has 1 aromatic carbocycles. The van der Waals surface area contributed by atoms with E-state index in [-0.39, 0.29) is 4.90 Å². The van der Waals surface area contributed by atoms with Gasteiger partial charge in [-0.05, 0) is 44.0 Å². The standard InChI is InChI=1S/C11H17BN2O2S2/c1-13-18(15,16)11-5-3-10(4-6-11)14(9-12)7-8-17-2/h3-6,13H,7-9H2,1-2H3. The molecule has 0 fully saturated rings. The monoisotopic (exact) mass is 284 g/mol. The Morgan fingerprint density at radius 1 is 1.33 bits per heavy atom. The predicted octanol–water partition coefficient (Wildman–Crippen LogP) is 0.890. The van der Waals surface area contributed by atoms with Crippen molar-refractivity contribution in [2.45, 2.75) is 4.90 Å². The first kappa shape index (κ1) is 15.4. The first-order chi connectivity index (χ1) is 8.55. The van der Waals surface area contributed by atoms with Gasteiger partial charge in [0.15, 0.2) is 0 Å². The fraction of sp³-hybridized carbons (Fsp3) is 0.455. The van der Waals surface area contributed by atoms with E-state index in [9.17, 15) is 8.42 Å². The van der Waals surface area contributed by atoms with Crippen LogP contribution in [0.2, 0.25) is 0 Å². The molecule has 0 heterocycles. The number of hydrogen-bond donors (Lipinski definition) is 1. The Labute approximate surface area is 115 Å². The fourth-order valence-electron chi connectivity index (χ4n) is 1.48. The summed E-state index contributed by atoms with van der Waals surface area (Å²) >= 11 is 1.75. The minimum atomic E-state index is -3.37. The molecule has 0 unspecified atom stereocenters. The van der Waals surface area contributed by atoms with E-state index in [0.717, 1.165) is 18.0 Å². The number of anilines is 1. The Balaban J connectivity index is 2.87. The van der Waals surface area contributed by atoms with Crippen molar-refractivity contribution in [1.82, 2.24) is 4.72 Å². The molecule has 0 spiro atoms. The molecule has 98 valence electrons. The Bertz CT molecular complexity index is 462. The molecule has 0 bridgehead atoms. The minimum absolute atomic E-state index is 0.260. The van der Waals surface area contributed by atoms with Crippen LogP contribution in [0, 0.1) is 0 Å². The summed E-state index contributed by atoms with van der Waals surface area (Å²) in [7, 11) is 3.71. The molecule has 0 aromatic heterocycles. The van der Waals surface area contributed by atoms with Crippen molar-refractivity contribution in [2.24, 2.45) is 0 Å². The molecule has 0 atom stereocenters. The smallest absolute Gasteiger partial charge is 0.240 e. The summed E-state index contributed by atoms with van der Waals surface area (Å²) in [6, 6.07) is 6.72. The van der Waals surface area contributed by atoms with Crippen molar-refractivity contribution in [3.8, 4) is 0 Å². The molecule has 0 saturated carbocycles. The van der Waals surface area contributed by atoms with Gasteiger partial charge in [-0.25, -0.2) is 13.1 Å². The van der Waals surface area contributed by atoms with Crippen molar-refractivity contribution >= 4 is 35.3 Å². The minimum Gasteiger partial charge on any atom is -0.380 e. The maximum absolute atomic E-state index is 11.6. The molecule has 0 aliphatic rings. The molecule has 18 heavy (non-hydrogen) atoms. The summed E-state index contributed by atoms with van der Waals surface area (Å²) in [4.78, 5) is 2.27. The van der Waals surface area contributed by atoms with E-state index in [2.05, 4.69) is 4.72 Å². The molecule has 7 heteroatoms. The summed E-state index contributed by atoms with van der Waals surface area (Å²) < 4.78 is 25.4. The second-order valence-corrected chi connectivity index (χ2v) is 6.51. The van der Waals surface area contributed by atoms with Gasteiger partial charge in [-0.1, -0.05) is 0 Å². The van der Waals surface area contributed by atoms with E-state index in [4.69, 9.17) is 7.85 Å². The quantitative estimate of drug-likeness (QED) is 0.756. The molecule has 0 amide bonds. The topological polar surface area (TPSA) is 49.4 Å². The summed E-state index contributed by atoms with van der Waals surface area (Å²) in [6.07, 6.45) is 2.45. The van der Waals surface area contributed by atoms with E-state index in [0.29, 0.717) is 6.44 Å². The maximum Gasteiger partial charge on any atom is 0.240 e. The van der Waals surface area contributed by atoms with Gasteiger partial charge < -0.3 is 4.90 Å². The van der Waals surface area contributed by atoms with Gasteiger partial charge in [0.2, 0.25) is 10.0 Å². The van der Waals surface area contributed by atoms with Gasteiger partial charge >= 0.3 is 0 Å². The van der Waals surface area contributed by atoms with Crippen LogP contribution in [-0.2, 0) is 10.0 Å². The number of hydrogen-bond acceptors (Lipinski definition) is 4. The first-order valence-corrected chi connectivity index (χ1v) is 8.40. The van der Waals surface area contributed by atoms with E-state index in [1.54, 1.807) is 36.0 Å². The number of thioether (sulfide) groups is 1. The number of nitrogens with one attached hydrogen (secondary N) is 1. The normalized spacial score (nSPS) is 11.4. The zero-order valence-corrected chi connectivity index (χ0v) is 12.2. The van der Waals surface area contributed by atoms with E-state index in [1.807, 2.05) is 11.2 Å². The Kier molecular flexibility index (Phi) is 6.04. The van der Waals surface area contributed by atoms with Gasteiger partial charge in [-0.15, -0.1) is 0 Å². The third kappa shape index (κ3) is 3.93. The molecule has 2 radical (unpaired) electrons. The summed E-state index contributed by atoms with van der Waals surface area (Å²) in [5.41, 5.74) is 0.932. The lowest BCUT2D eigenvalue weighted by Crippen LogP contribution is -2.27. The zero-order chi connectivity index (χ0) is 13.6. The second-order valence-electron chi connectivity index (χ2n) is 3.64. The van der Waals surface area contributed by atoms with Crippen LogP contribution in [0.25, 0.3) is 0 Å². The Morgan fingerprint density at radius 2 is 1.94 bits per heavy atom. The summed E-state index contributed by atoms with van der Waals surface area (Å²) in [6.45, 7) is 0.843. The van der Waals surface area contributed by atoms with Gasteiger partial charge in [0, 0.05) is 18.0 Å². The van der Waals surface area contributed by atoms with Crippen LogP contribution in [-0.4, -0.2) is 48.3 Å². The molecule has 1 N–H and O–H groups in total. The van der Waals surface area contributed by atoms with E-state index < -0.39 is 10.0 Å². The van der Waals surface area contributed by atoms with Crippen molar-refractivity contribution < 1.29 is 8.42 Å². The molecular formula is C11H17BN2O2S2. The molecule has 0 saturated heterocycles. The lowest BCUT2D eigenvalue weighted by atomic mass is 10.1. The van der Waals surface area contributed by atoms with Crippen LogP contribution in [0.15, 0.2) is 29.2 Å². The third-order valence-electron chi connectivity index (χ3n) is 2.57. The summed E-state index contributed by atoms with van der Waals surface area (Å²) in [5, 5.41) is 0. The molecular weight excluding hydrogens is 267 g/mol. The Morgan fingerprint density at radius 3 is 2.39 bits per heavy atom. The fourth-order valence-corrected chi connectivity index (χ4v) is 2.61. The van der Waals surface area contributed by atoms with Crippen LogP contribution in [0.4, 0.5) is 5.69 Å². The molecule has 0 aliphatic carbocycles. The average molecular weight is 284 g/mol. The van der Waals surface area contributed by atoms with Crippen molar-refractivity contribution in [1.29, 1.82) is 0 Å². The number of benzene rings is 1. The predicted molar refractivity (Wildman–Crippen MR) is 79.0 cm³/mol. The van der Waals surface area contributed by atoms with Crippen LogP contribution < -0.4 is 9.62 Å².